The number of ether oxygens (including phenoxy) is 1. The number of carbonyl (C=O) groups is 3. The number of carboxylic acids is 1. The number of alkyl carbamates (subject to hydrolysis) is 1. The van der Waals surface area contributed by atoms with Gasteiger partial charge in [-0.3, -0.25) is 15.0 Å². The number of carboxylic acid groups (broad SMARTS) is 1. The maximum atomic E-state index is 12.4. The molecular weight excluding hydrogens is 384 g/mol. The molecule has 1 aromatic heterocycles. The van der Waals surface area contributed by atoms with Crippen molar-refractivity contribution in [3.63, 3.8) is 0 Å². The number of carbonyl (C=O) groups excluding carboxylic acids is 2. The molecular formula is C18H30N4O5S. The summed E-state index contributed by atoms with van der Waals surface area (Å²) in [5.41, 5.74) is 5.52. The van der Waals surface area contributed by atoms with Crippen LogP contribution in [-0.2, 0) is 20.9 Å². The molecule has 0 bridgehead atoms. The minimum atomic E-state index is -1.08. The molecule has 9 nitrogen and oxygen atoms in total. The highest BCUT2D eigenvalue weighted by Gasteiger charge is 2.27. The van der Waals surface area contributed by atoms with Gasteiger partial charge in [0.25, 0.3) is 5.91 Å². The number of aromatic nitrogens is 1. The molecule has 0 aromatic carbocycles. The summed E-state index contributed by atoms with van der Waals surface area (Å²) in [4.78, 5) is 40.0. The van der Waals surface area contributed by atoms with Crippen LogP contribution in [0.25, 0.3) is 0 Å². The van der Waals surface area contributed by atoms with Crippen LogP contribution in [0.3, 0.4) is 0 Å². The van der Waals surface area contributed by atoms with Crippen molar-refractivity contribution in [2.45, 2.75) is 66.2 Å². The number of hydrogen-bond acceptors (Lipinski definition) is 7. The van der Waals surface area contributed by atoms with Crippen molar-refractivity contribution in [2.24, 2.45) is 11.8 Å². The molecule has 0 saturated heterocycles. The number of hydrogen-bond donors (Lipinski definition) is 4. The van der Waals surface area contributed by atoms with Crippen LogP contribution < -0.4 is 16.2 Å². The Labute approximate surface area is 169 Å². The number of aliphatic carboxylic acids is 1. The lowest BCUT2D eigenvalue weighted by atomic mass is 10.0. The van der Waals surface area contributed by atoms with E-state index >= 15 is 0 Å². The van der Waals surface area contributed by atoms with E-state index in [0.717, 1.165) is 5.01 Å². The van der Waals surface area contributed by atoms with E-state index in [4.69, 9.17) is 9.84 Å². The molecule has 10 heteroatoms. The third kappa shape index (κ3) is 7.43. The average molecular weight is 415 g/mol. The highest BCUT2D eigenvalue weighted by molar-refractivity contribution is 7.09. The van der Waals surface area contributed by atoms with Crippen LogP contribution in [0, 0.1) is 11.8 Å². The first-order valence-electron chi connectivity index (χ1n) is 9.18. The van der Waals surface area contributed by atoms with Crippen molar-refractivity contribution in [2.75, 3.05) is 0 Å². The minimum absolute atomic E-state index is 0.00811. The van der Waals surface area contributed by atoms with Gasteiger partial charge in [0.1, 0.15) is 18.7 Å². The Morgan fingerprint density at radius 1 is 1.11 bits per heavy atom. The van der Waals surface area contributed by atoms with Crippen LogP contribution in [0.1, 0.15) is 58.2 Å². The predicted molar refractivity (Wildman–Crippen MR) is 106 cm³/mol. The van der Waals surface area contributed by atoms with E-state index in [2.05, 4.69) is 21.2 Å². The molecule has 0 radical (unpaired) electrons. The van der Waals surface area contributed by atoms with E-state index in [9.17, 15) is 14.4 Å². The van der Waals surface area contributed by atoms with Crippen LogP contribution in [0.2, 0.25) is 0 Å². The molecule has 2 atom stereocenters. The summed E-state index contributed by atoms with van der Waals surface area (Å²) in [5, 5.41) is 14.5. The Hall–Kier alpha value is -2.20. The van der Waals surface area contributed by atoms with Crippen molar-refractivity contribution in [1.29, 1.82) is 0 Å². The second kappa shape index (κ2) is 11.0. The first-order valence-corrected chi connectivity index (χ1v) is 10.1. The van der Waals surface area contributed by atoms with Gasteiger partial charge < -0.3 is 15.2 Å². The van der Waals surface area contributed by atoms with Crippen LogP contribution >= 0.6 is 11.3 Å². The number of nitrogens with zero attached hydrogens (tertiary/aromatic N) is 1. The molecule has 1 heterocycles. The highest BCUT2D eigenvalue weighted by atomic mass is 32.1. The first kappa shape index (κ1) is 23.8. The van der Waals surface area contributed by atoms with Crippen molar-refractivity contribution in [1.82, 2.24) is 21.2 Å². The predicted octanol–water partition coefficient (Wildman–Crippen LogP) is 2.25. The molecule has 4 N–H and O–H groups in total. The third-order valence-corrected chi connectivity index (χ3v) is 5.11. The molecule has 2 amide bonds. The monoisotopic (exact) mass is 414 g/mol. The average Bonchev–Trinajstić information content (AvgIpc) is 3.06. The lowest BCUT2D eigenvalue weighted by molar-refractivity contribution is -0.141. The van der Waals surface area contributed by atoms with E-state index in [1.165, 1.54) is 11.3 Å². The van der Waals surface area contributed by atoms with E-state index in [0.29, 0.717) is 11.6 Å². The maximum absolute atomic E-state index is 12.4. The zero-order chi connectivity index (χ0) is 21.4. The number of nitrogens with one attached hydrogen (secondary N) is 3. The summed E-state index contributed by atoms with van der Waals surface area (Å²) in [6, 6.07) is -1.83. The van der Waals surface area contributed by atoms with Gasteiger partial charge in [0.05, 0.1) is 10.7 Å². The Bertz CT molecular complexity index is 675. The van der Waals surface area contributed by atoms with Gasteiger partial charge in [-0.1, -0.05) is 41.5 Å². The van der Waals surface area contributed by atoms with Crippen molar-refractivity contribution < 1.29 is 24.2 Å². The summed E-state index contributed by atoms with van der Waals surface area (Å²) in [6.07, 6.45) is -0.744. The van der Waals surface area contributed by atoms with Crippen molar-refractivity contribution in [3.05, 3.63) is 16.1 Å². The van der Waals surface area contributed by atoms with Gasteiger partial charge in [-0.15, -0.1) is 11.3 Å². The molecule has 0 saturated carbocycles. The van der Waals surface area contributed by atoms with Gasteiger partial charge in [0.2, 0.25) is 0 Å². The molecule has 0 fully saturated rings. The van der Waals surface area contributed by atoms with E-state index < -0.39 is 30.1 Å². The summed E-state index contributed by atoms with van der Waals surface area (Å²) in [6.45, 7) is 11.0. The molecule has 0 aliphatic heterocycles. The normalized spacial score (nSPS) is 13.5. The molecule has 0 aliphatic carbocycles. The second-order valence-electron chi connectivity index (χ2n) is 7.47. The smallest absolute Gasteiger partial charge is 0.408 e. The summed E-state index contributed by atoms with van der Waals surface area (Å²) in [7, 11) is 0. The SMILES string of the molecule is CC(C)c1nc(COC(=O)N[C@H](C(=O)NN[C@H](C(=O)O)C(C)C)C(C)C)cs1. The number of rotatable bonds is 10. The van der Waals surface area contributed by atoms with Gasteiger partial charge in [-0.2, -0.15) is 0 Å². The van der Waals surface area contributed by atoms with Gasteiger partial charge in [0.15, 0.2) is 0 Å². The van der Waals surface area contributed by atoms with Gasteiger partial charge in [-0.25, -0.2) is 15.2 Å². The van der Waals surface area contributed by atoms with Gasteiger partial charge in [0, 0.05) is 11.3 Å². The highest BCUT2D eigenvalue weighted by Crippen LogP contribution is 2.19. The largest absolute Gasteiger partial charge is 0.480 e. The Morgan fingerprint density at radius 3 is 2.18 bits per heavy atom. The van der Waals surface area contributed by atoms with Crippen LogP contribution in [0.15, 0.2) is 5.38 Å². The van der Waals surface area contributed by atoms with Gasteiger partial charge >= 0.3 is 12.1 Å². The topological polar surface area (TPSA) is 130 Å². The fraction of sp³-hybridized carbons (Fsp3) is 0.667. The summed E-state index contributed by atoms with van der Waals surface area (Å²) >= 11 is 1.50. The molecule has 158 valence electrons. The van der Waals surface area contributed by atoms with Crippen molar-refractivity contribution >= 4 is 29.3 Å². The first-order chi connectivity index (χ1) is 13.0. The zero-order valence-corrected chi connectivity index (χ0v) is 17.9. The van der Waals surface area contributed by atoms with Gasteiger partial charge in [-0.05, 0) is 11.8 Å². The lowest BCUT2D eigenvalue weighted by Crippen LogP contribution is -2.57. The Kier molecular flexibility index (Phi) is 9.33. The fourth-order valence-corrected chi connectivity index (χ4v) is 3.06. The summed E-state index contributed by atoms with van der Waals surface area (Å²) in [5.74, 6) is -1.79. The lowest BCUT2D eigenvalue weighted by Gasteiger charge is -2.24. The van der Waals surface area contributed by atoms with E-state index in [1.54, 1.807) is 27.7 Å². The number of amides is 2. The Balaban J connectivity index is 2.58. The zero-order valence-electron chi connectivity index (χ0n) is 17.1. The third-order valence-electron chi connectivity index (χ3n) is 3.92. The molecule has 1 rings (SSSR count). The molecule has 1 aromatic rings. The van der Waals surface area contributed by atoms with Crippen molar-refractivity contribution in [3.8, 4) is 0 Å². The fourth-order valence-electron chi connectivity index (χ4n) is 2.24. The standard InChI is InChI=1S/C18H30N4O5S/c1-9(2)13(15(23)22-21-14(10(3)4)17(24)25)20-18(26)27-7-12-8-28-16(19-12)11(5)6/h8-11,13-14,21H,7H2,1-6H3,(H,20,26)(H,22,23)(H,24,25)/t13-,14-/m0/s1. The quantitative estimate of drug-likeness (QED) is 0.432. The van der Waals surface area contributed by atoms with Crippen LogP contribution in [0.5, 0.6) is 0 Å². The Morgan fingerprint density at radius 2 is 1.71 bits per heavy atom. The second-order valence-corrected chi connectivity index (χ2v) is 8.36. The summed E-state index contributed by atoms with van der Waals surface area (Å²) < 4.78 is 5.15. The molecule has 0 unspecified atom stereocenters. The maximum Gasteiger partial charge on any atom is 0.408 e. The number of thiazole rings is 1. The van der Waals surface area contributed by atoms with E-state index in [-0.39, 0.29) is 18.4 Å². The molecule has 0 spiro atoms. The molecule has 0 aliphatic rings. The minimum Gasteiger partial charge on any atom is -0.480 e. The van der Waals surface area contributed by atoms with Crippen LogP contribution in [-0.4, -0.2) is 40.1 Å². The van der Waals surface area contributed by atoms with Crippen LogP contribution in [0.4, 0.5) is 4.79 Å². The number of hydrazine groups is 1. The molecule has 28 heavy (non-hydrogen) atoms. The van der Waals surface area contributed by atoms with E-state index in [1.807, 2.05) is 19.2 Å².